The second kappa shape index (κ2) is 6.94. The van der Waals surface area contributed by atoms with Crippen LogP contribution < -0.4 is 16.0 Å². The van der Waals surface area contributed by atoms with E-state index in [9.17, 15) is 14.4 Å². The monoisotopic (exact) mass is 404 g/mol. The highest BCUT2D eigenvalue weighted by atomic mass is 16.2. The third-order valence-corrected chi connectivity index (χ3v) is 5.94. The van der Waals surface area contributed by atoms with E-state index in [-0.39, 0.29) is 17.7 Å². The fourth-order valence-corrected chi connectivity index (χ4v) is 4.24. The molecule has 1 aromatic carbocycles. The van der Waals surface area contributed by atoms with E-state index in [4.69, 9.17) is 0 Å². The van der Waals surface area contributed by atoms with Crippen LogP contribution in [0.15, 0.2) is 48.9 Å². The van der Waals surface area contributed by atoms with Crippen LogP contribution in [0.5, 0.6) is 0 Å². The van der Waals surface area contributed by atoms with Crippen LogP contribution >= 0.6 is 0 Å². The minimum absolute atomic E-state index is 0.0998. The Balaban J connectivity index is 1.24. The van der Waals surface area contributed by atoms with Gasteiger partial charge in [0.2, 0.25) is 5.91 Å². The van der Waals surface area contributed by atoms with Crippen molar-refractivity contribution < 1.29 is 14.4 Å². The van der Waals surface area contributed by atoms with Crippen LogP contribution in [0.1, 0.15) is 25.7 Å². The minimum atomic E-state index is -0.857. The number of hydrogen-bond acceptors (Lipinski definition) is 5. The van der Waals surface area contributed by atoms with Crippen molar-refractivity contribution in [3.8, 4) is 5.82 Å². The fraction of sp³-hybridized carbons (Fsp3) is 0.286. The van der Waals surface area contributed by atoms with Gasteiger partial charge in [0.15, 0.2) is 0 Å². The number of carbonyl (C=O) groups is 3. The van der Waals surface area contributed by atoms with Crippen molar-refractivity contribution >= 4 is 34.6 Å². The quantitative estimate of drug-likeness (QED) is 0.578. The van der Waals surface area contributed by atoms with Crippen LogP contribution in [0.3, 0.4) is 0 Å². The van der Waals surface area contributed by atoms with Gasteiger partial charge in [0.25, 0.3) is 5.91 Å². The topological polar surface area (TPSA) is 118 Å². The maximum atomic E-state index is 12.7. The van der Waals surface area contributed by atoms with Crippen molar-refractivity contribution in [1.29, 1.82) is 0 Å². The number of benzene rings is 1. The number of imide groups is 1. The largest absolute Gasteiger partial charge is 0.324 e. The molecule has 3 N–H and O–H groups in total. The lowest BCUT2D eigenvalue weighted by Crippen LogP contribution is -2.50. The highest BCUT2D eigenvalue weighted by Crippen LogP contribution is 2.34. The summed E-state index contributed by atoms with van der Waals surface area (Å²) in [5, 5.41) is 7.90. The van der Waals surface area contributed by atoms with Crippen molar-refractivity contribution in [2.75, 3.05) is 5.32 Å². The molecule has 4 amide bonds. The molecule has 0 radical (unpaired) electrons. The summed E-state index contributed by atoms with van der Waals surface area (Å²) in [5.41, 5.74) is 1.60. The predicted molar refractivity (Wildman–Crippen MR) is 109 cm³/mol. The first-order chi connectivity index (χ1) is 14.5. The molecule has 2 aromatic heterocycles. The standard InChI is InChI=1S/C21H20N6O3/c28-18(13-7-9-21(10-8-13)19(29)25-20(30)26-21)24-14-5-6-17(22-11-14)27-12-23-15-3-1-2-4-16(15)27/h1-6,11-13H,7-10H2,(H,24,28)(H2,25,26,29,30). The third-order valence-electron chi connectivity index (χ3n) is 5.94. The van der Waals surface area contributed by atoms with E-state index in [1.165, 1.54) is 0 Å². The first kappa shape index (κ1) is 18.3. The summed E-state index contributed by atoms with van der Waals surface area (Å²) < 4.78 is 1.89. The van der Waals surface area contributed by atoms with Gasteiger partial charge in [0.05, 0.1) is 22.9 Å². The number of rotatable bonds is 3. The summed E-state index contributed by atoms with van der Waals surface area (Å²) in [6.45, 7) is 0. The van der Waals surface area contributed by atoms with Gasteiger partial charge in [-0.15, -0.1) is 0 Å². The maximum Gasteiger partial charge on any atom is 0.322 e. The number of anilines is 1. The van der Waals surface area contributed by atoms with E-state index in [0.29, 0.717) is 37.2 Å². The molecule has 152 valence electrons. The lowest BCUT2D eigenvalue weighted by Gasteiger charge is -2.33. The zero-order chi connectivity index (χ0) is 20.7. The lowest BCUT2D eigenvalue weighted by atomic mass is 9.76. The Kier molecular flexibility index (Phi) is 4.23. The summed E-state index contributed by atoms with van der Waals surface area (Å²) in [6, 6.07) is 11.0. The van der Waals surface area contributed by atoms with E-state index < -0.39 is 11.6 Å². The molecule has 30 heavy (non-hydrogen) atoms. The molecule has 3 heterocycles. The van der Waals surface area contributed by atoms with Crippen LogP contribution in [0.2, 0.25) is 0 Å². The molecule has 9 heteroatoms. The van der Waals surface area contributed by atoms with Crippen molar-refractivity contribution in [2.45, 2.75) is 31.2 Å². The summed E-state index contributed by atoms with van der Waals surface area (Å²) in [6.07, 6.45) is 5.32. The van der Waals surface area contributed by atoms with Crippen LogP contribution in [0.25, 0.3) is 16.9 Å². The number of aromatic nitrogens is 3. The van der Waals surface area contributed by atoms with Crippen molar-refractivity contribution in [3.05, 3.63) is 48.9 Å². The molecule has 9 nitrogen and oxygen atoms in total. The molecule has 5 rings (SSSR count). The summed E-state index contributed by atoms with van der Waals surface area (Å²) in [4.78, 5) is 44.9. The Morgan fingerprint density at radius 1 is 1.10 bits per heavy atom. The average molecular weight is 404 g/mol. The van der Waals surface area contributed by atoms with Crippen molar-refractivity contribution in [2.24, 2.45) is 5.92 Å². The number of urea groups is 1. The van der Waals surface area contributed by atoms with Gasteiger partial charge >= 0.3 is 6.03 Å². The molecule has 0 bridgehead atoms. The molecule has 1 aliphatic carbocycles. The molecular formula is C21H20N6O3. The molecule has 1 saturated heterocycles. The zero-order valence-corrected chi connectivity index (χ0v) is 16.1. The minimum Gasteiger partial charge on any atom is -0.324 e. The molecule has 0 unspecified atom stereocenters. The molecule has 2 aliphatic rings. The van der Waals surface area contributed by atoms with Gasteiger partial charge in [-0.1, -0.05) is 12.1 Å². The highest BCUT2D eigenvalue weighted by molar-refractivity contribution is 6.07. The summed E-state index contributed by atoms with van der Waals surface area (Å²) >= 11 is 0. The third kappa shape index (κ3) is 3.08. The number of pyridine rings is 1. The van der Waals surface area contributed by atoms with Gasteiger partial charge < -0.3 is 10.6 Å². The van der Waals surface area contributed by atoms with Gasteiger partial charge in [-0.3, -0.25) is 19.5 Å². The average Bonchev–Trinajstić information content (AvgIpc) is 3.30. The van der Waals surface area contributed by atoms with E-state index in [1.54, 1.807) is 12.5 Å². The Labute approximate surface area is 171 Å². The number of para-hydroxylation sites is 2. The fourth-order valence-electron chi connectivity index (χ4n) is 4.24. The molecule has 2 fully saturated rings. The molecule has 3 aromatic rings. The number of nitrogens with zero attached hydrogens (tertiary/aromatic N) is 3. The molecular weight excluding hydrogens is 384 g/mol. The van der Waals surface area contributed by atoms with Crippen LogP contribution in [-0.4, -0.2) is 37.9 Å². The van der Waals surface area contributed by atoms with Crippen molar-refractivity contribution in [1.82, 2.24) is 25.2 Å². The number of amides is 4. The Hall–Kier alpha value is -3.75. The Morgan fingerprint density at radius 2 is 1.90 bits per heavy atom. The van der Waals surface area contributed by atoms with Crippen LogP contribution in [-0.2, 0) is 9.59 Å². The number of hydrogen-bond donors (Lipinski definition) is 3. The van der Waals surface area contributed by atoms with Crippen molar-refractivity contribution in [3.63, 3.8) is 0 Å². The molecule has 1 aliphatic heterocycles. The van der Waals surface area contributed by atoms with Gasteiger partial charge in [-0.05, 0) is 49.9 Å². The van der Waals surface area contributed by atoms with E-state index >= 15 is 0 Å². The highest BCUT2D eigenvalue weighted by Gasteiger charge is 2.48. The van der Waals surface area contributed by atoms with E-state index in [1.807, 2.05) is 41.0 Å². The smallest absolute Gasteiger partial charge is 0.322 e. The van der Waals surface area contributed by atoms with Gasteiger partial charge in [0, 0.05) is 5.92 Å². The number of carbonyl (C=O) groups excluding carboxylic acids is 3. The first-order valence-corrected chi connectivity index (χ1v) is 9.87. The van der Waals surface area contributed by atoms with Gasteiger partial charge in [-0.25, -0.2) is 14.8 Å². The van der Waals surface area contributed by atoms with Crippen LogP contribution in [0.4, 0.5) is 10.5 Å². The second-order valence-electron chi connectivity index (χ2n) is 7.76. The summed E-state index contributed by atoms with van der Waals surface area (Å²) in [5.74, 6) is 0.109. The van der Waals surface area contributed by atoms with Gasteiger partial charge in [-0.2, -0.15) is 0 Å². The van der Waals surface area contributed by atoms with E-state index in [2.05, 4.69) is 25.9 Å². The second-order valence-corrected chi connectivity index (χ2v) is 7.76. The van der Waals surface area contributed by atoms with Gasteiger partial charge in [0.1, 0.15) is 17.7 Å². The van der Waals surface area contributed by atoms with E-state index in [0.717, 1.165) is 11.0 Å². The maximum absolute atomic E-state index is 12.7. The lowest BCUT2D eigenvalue weighted by molar-refractivity contribution is -0.128. The Bertz CT molecular complexity index is 1150. The normalized spacial score (nSPS) is 23.4. The van der Waals surface area contributed by atoms with Crippen LogP contribution in [0, 0.1) is 5.92 Å². The molecule has 0 atom stereocenters. The number of imidazole rings is 1. The zero-order valence-electron chi connectivity index (χ0n) is 16.1. The predicted octanol–water partition coefficient (Wildman–Crippen LogP) is 2.13. The molecule has 1 spiro atoms. The number of fused-ring (bicyclic) bond motifs is 1. The first-order valence-electron chi connectivity index (χ1n) is 9.87. The summed E-state index contributed by atoms with van der Waals surface area (Å²) in [7, 11) is 0. The molecule has 1 saturated carbocycles. The Morgan fingerprint density at radius 3 is 2.60 bits per heavy atom. The number of nitrogens with one attached hydrogen (secondary N) is 3. The SMILES string of the molecule is O=C1NC(=O)C2(CCC(C(=O)Nc3ccc(-n4cnc5ccccc54)nc3)CC2)N1.